The van der Waals surface area contributed by atoms with E-state index in [1.165, 1.54) is 64.5 Å². The molecule has 1 aliphatic carbocycles. The summed E-state index contributed by atoms with van der Waals surface area (Å²) in [6.45, 7) is 4.46. The molecule has 2 fully saturated rings. The van der Waals surface area contributed by atoms with Crippen molar-refractivity contribution in [3.8, 4) is 0 Å². The van der Waals surface area contributed by atoms with E-state index in [1.807, 2.05) is 0 Å². The number of piperidine rings is 1. The summed E-state index contributed by atoms with van der Waals surface area (Å²) >= 11 is 0. The number of allylic oxidation sites excluding steroid dienone is 1. The van der Waals surface area contributed by atoms with Gasteiger partial charge in [0.15, 0.2) is 0 Å². The zero-order valence-corrected chi connectivity index (χ0v) is 12.2. The van der Waals surface area contributed by atoms with Crippen molar-refractivity contribution in [2.45, 2.75) is 62.9 Å². The van der Waals surface area contributed by atoms with Gasteiger partial charge in [-0.15, -0.1) is 0 Å². The molecule has 3 heteroatoms. The van der Waals surface area contributed by atoms with Gasteiger partial charge in [0.05, 0.1) is 0 Å². The number of fused-ring (bicyclic) bond motifs is 1. The second kappa shape index (κ2) is 5.94. The average Bonchev–Trinajstić information content (AvgIpc) is 3.08. The van der Waals surface area contributed by atoms with Crippen molar-refractivity contribution in [1.82, 2.24) is 10.2 Å². The van der Waals surface area contributed by atoms with E-state index < -0.39 is 0 Å². The maximum absolute atomic E-state index is 6.17. The molecule has 3 nitrogen and oxygen atoms in total. The fraction of sp³-hybridized carbons (Fsp3) is 0.875. The van der Waals surface area contributed by atoms with Crippen LogP contribution in [0.3, 0.4) is 0 Å². The Hall–Kier alpha value is -0.380. The lowest BCUT2D eigenvalue weighted by Crippen LogP contribution is -2.60. The molecule has 2 heterocycles. The Morgan fingerprint density at radius 1 is 1.32 bits per heavy atom. The topological polar surface area (TPSA) is 41.3 Å². The summed E-state index contributed by atoms with van der Waals surface area (Å²) in [4.78, 5) is 2.68. The van der Waals surface area contributed by atoms with E-state index in [4.69, 9.17) is 5.73 Å². The Kier molecular flexibility index (Phi) is 4.25. The highest BCUT2D eigenvalue weighted by atomic mass is 15.3. The molecule has 0 radical (unpaired) electrons. The van der Waals surface area contributed by atoms with Gasteiger partial charge in [-0.2, -0.15) is 0 Å². The molecule has 3 N–H and O–H groups in total. The fourth-order valence-corrected chi connectivity index (χ4v) is 4.35. The van der Waals surface area contributed by atoms with Crippen molar-refractivity contribution in [3.63, 3.8) is 0 Å². The molecular weight excluding hydrogens is 234 g/mol. The molecule has 0 spiro atoms. The summed E-state index contributed by atoms with van der Waals surface area (Å²) in [5.41, 5.74) is 8.04. The van der Waals surface area contributed by atoms with Crippen LogP contribution in [0.4, 0.5) is 0 Å². The van der Waals surface area contributed by atoms with Crippen LogP contribution in [0, 0.1) is 0 Å². The van der Waals surface area contributed by atoms with Crippen LogP contribution in [-0.4, -0.2) is 42.7 Å². The normalized spacial score (nSPS) is 35.4. The van der Waals surface area contributed by atoms with Crippen LogP contribution in [-0.2, 0) is 0 Å². The number of hydrogen-bond donors (Lipinski definition) is 2. The van der Waals surface area contributed by atoms with E-state index in [-0.39, 0.29) is 5.54 Å². The van der Waals surface area contributed by atoms with Gasteiger partial charge >= 0.3 is 0 Å². The number of rotatable bonds is 5. The number of nitrogens with one attached hydrogen (secondary N) is 1. The van der Waals surface area contributed by atoms with Crippen molar-refractivity contribution >= 4 is 0 Å². The van der Waals surface area contributed by atoms with Gasteiger partial charge in [0.25, 0.3) is 0 Å². The van der Waals surface area contributed by atoms with Crippen LogP contribution in [0.5, 0.6) is 0 Å². The Morgan fingerprint density at radius 2 is 2.26 bits per heavy atom. The molecule has 19 heavy (non-hydrogen) atoms. The van der Waals surface area contributed by atoms with Gasteiger partial charge in [0.2, 0.25) is 0 Å². The summed E-state index contributed by atoms with van der Waals surface area (Å²) in [6, 6.07) is 0.698. The molecule has 2 saturated heterocycles. The predicted molar refractivity (Wildman–Crippen MR) is 80.2 cm³/mol. The molecule has 2 aliphatic heterocycles. The van der Waals surface area contributed by atoms with Crippen LogP contribution in [0.2, 0.25) is 0 Å². The molecular formula is C16H29N3. The van der Waals surface area contributed by atoms with Gasteiger partial charge in [-0.1, -0.05) is 18.1 Å². The summed E-state index contributed by atoms with van der Waals surface area (Å²) in [5.74, 6) is 0. The third kappa shape index (κ3) is 2.74. The lowest BCUT2D eigenvalue weighted by Gasteiger charge is -2.41. The second-order valence-electron chi connectivity index (χ2n) is 6.59. The molecule has 0 aromatic rings. The summed E-state index contributed by atoms with van der Waals surface area (Å²) < 4.78 is 0. The van der Waals surface area contributed by atoms with E-state index in [1.54, 1.807) is 5.57 Å². The Labute approximate surface area is 117 Å². The minimum atomic E-state index is 0.208. The zero-order chi connectivity index (χ0) is 13.1. The summed E-state index contributed by atoms with van der Waals surface area (Å²) in [7, 11) is 0. The SMILES string of the molecule is NCC1(NCCC2=CCCC2)CCN2CCCCC21. The molecule has 2 atom stereocenters. The third-order valence-corrected chi connectivity index (χ3v) is 5.52. The van der Waals surface area contributed by atoms with E-state index in [9.17, 15) is 0 Å². The van der Waals surface area contributed by atoms with E-state index in [2.05, 4.69) is 16.3 Å². The van der Waals surface area contributed by atoms with Crippen LogP contribution in [0.1, 0.15) is 51.4 Å². The Balaban J connectivity index is 1.56. The monoisotopic (exact) mass is 263 g/mol. The van der Waals surface area contributed by atoms with Gasteiger partial charge < -0.3 is 11.1 Å². The van der Waals surface area contributed by atoms with Crippen LogP contribution >= 0.6 is 0 Å². The summed E-state index contributed by atoms with van der Waals surface area (Å²) in [6.07, 6.45) is 13.0. The van der Waals surface area contributed by atoms with Crippen molar-refractivity contribution in [1.29, 1.82) is 0 Å². The zero-order valence-electron chi connectivity index (χ0n) is 12.2. The maximum atomic E-state index is 6.17. The van der Waals surface area contributed by atoms with Crippen LogP contribution in [0.15, 0.2) is 11.6 Å². The molecule has 0 amide bonds. The van der Waals surface area contributed by atoms with Gasteiger partial charge in [0.1, 0.15) is 0 Å². The first-order chi connectivity index (χ1) is 9.34. The highest BCUT2D eigenvalue weighted by Crippen LogP contribution is 2.34. The minimum absolute atomic E-state index is 0.208. The lowest BCUT2D eigenvalue weighted by molar-refractivity contribution is 0.141. The largest absolute Gasteiger partial charge is 0.329 e. The first-order valence-electron chi connectivity index (χ1n) is 8.21. The highest BCUT2D eigenvalue weighted by Gasteiger charge is 2.46. The highest BCUT2D eigenvalue weighted by molar-refractivity contribution is 5.10. The minimum Gasteiger partial charge on any atom is -0.329 e. The quantitative estimate of drug-likeness (QED) is 0.746. The molecule has 0 aromatic carbocycles. The van der Waals surface area contributed by atoms with Crippen LogP contribution in [0.25, 0.3) is 0 Å². The van der Waals surface area contributed by atoms with E-state index in [0.717, 1.165) is 13.1 Å². The number of hydrogen-bond acceptors (Lipinski definition) is 3. The molecule has 3 rings (SSSR count). The average molecular weight is 263 g/mol. The maximum Gasteiger partial charge on any atom is 0.0473 e. The molecule has 0 aromatic heterocycles. The standard InChI is InChI=1S/C16H29N3/c17-13-16(18-10-8-14-5-1-2-6-14)9-12-19-11-4-3-7-15(16)19/h5,15,18H,1-4,6-13,17H2. The second-order valence-corrected chi connectivity index (χ2v) is 6.59. The lowest BCUT2D eigenvalue weighted by atomic mass is 9.85. The number of nitrogens with zero attached hydrogens (tertiary/aromatic N) is 1. The first kappa shape index (κ1) is 13.6. The predicted octanol–water partition coefficient (Wildman–Crippen LogP) is 2.03. The molecule has 3 aliphatic rings. The molecule has 0 bridgehead atoms. The molecule has 108 valence electrons. The van der Waals surface area contributed by atoms with Gasteiger partial charge in [0, 0.05) is 24.7 Å². The van der Waals surface area contributed by atoms with Gasteiger partial charge in [-0.05, 0) is 58.0 Å². The van der Waals surface area contributed by atoms with Crippen molar-refractivity contribution in [2.24, 2.45) is 5.73 Å². The first-order valence-corrected chi connectivity index (χ1v) is 8.21. The van der Waals surface area contributed by atoms with Crippen molar-refractivity contribution < 1.29 is 0 Å². The molecule has 2 unspecified atom stereocenters. The van der Waals surface area contributed by atoms with E-state index in [0.29, 0.717) is 6.04 Å². The molecule has 0 saturated carbocycles. The van der Waals surface area contributed by atoms with E-state index >= 15 is 0 Å². The fourth-order valence-electron chi connectivity index (χ4n) is 4.35. The van der Waals surface area contributed by atoms with Crippen molar-refractivity contribution in [2.75, 3.05) is 26.2 Å². The Bertz CT molecular complexity index is 339. The van der Waals surface area contributed by atoms with Gasteiger partial charge in [-0.25, -0.2) is 0 Å². The summed E-state index contributed by atoms with van der Waals surface area (Å²) in [5, 5.41) is 3.86. The van der Waals surface area contributed by atoms with Crippen LogP contribution < -0.4 is 11.1 Å². The smallest absolute Gasteiger partial charge is 0.0473 e. The Morgan fingerprint density at radius 3 is 3.05 bits per heavy atom. The van der Waals surface area contributed by atoms with Crippen molar-refractivity contribution in [3.05, 3.63) is 11.6 Å². The van der Waals surface area contributed by atoms with Gasteiger partial charge in [-0.3, -0.25) is 4.90 Å². The number of nitrogens with two attached hydrogens (primary N) is 1. The third-order valence-electron chi connectivity index (χ3n) is 5.52.